The molecule has 1 aliphatic rings. The van der Waals surface area contributed by atoms with E-state index in [1.165, 1.54) is 11.1 Å². The number of aryl methyl sites for hydroxylation is 1. The van der Waals surface area contributed by atoms with Crippen LogP contribution in [0.5, 0.6) is 0 Å². The highest BCUT2D eigenvalue weighted by atomic mass is 16.3. The van der Waals surface area contributed by atoms with Crippen molar-refractivity contribution in [3.8, 4) is 0 Å². The van der Waals surface area contributed by atoms with E-state index in [0.29, 0.717) is 13.1 Å². The zero-order valence-corrected chi connectivity index (χ0v) is 21.8. The van der Waals surface area contributed by atoms with Gasteiger partial charge in [-0.3, -0.25) is 9.69 Å². The predicted octanol–water partition coefficient (Wildman–Crippen LogP) is 2.36. The number of amides is 1. The summed E-state index contributed by atoms with van der Waals surface area (Å²) in [6.45, 7) is 10.3. The molecule has 0 radical (unpaired) electrons. The normalized spacial score (nSPS) is 16.2. The molecule has 4 rings (SSSR count). The van der Waals surface area contributed by atoms with Crippen LogP contribution in [0.15, 0.2) is 48.8 Å². The molecule has 3 aromatic rings. The standard InChI is InChI=1S/C28H38N6O2/c1-5-23-25(26-30-13-7-15-34(26)31-23)28(2,3)22-11-9-21(10-12-22)8-6-14-32-16-18-33(19-17-32)27(36)24(20-35)29-4/h6-13,15,24,29,35H,5,14,16-20H2,1-4H3. The lowest BCUT2D eigenvalue weighted by Gasteiger charge is -2.35. The van der Waals surface area contributed by atoms with Gasteiger partial charge >= 0.3 is 0 Å². The Morgan fingerprint density at radius 1 is 1.19 bits per heavy atom. The average Bonchev–Trinajstić information content (AvgIpc) is 3.30. The van der Waals surface area contributed by atoms with Crippen molar-refractivity contribution in [1.29, 1.82) is 0 Å². The number of nitrogens with one attached hydrogen (secondary N) is 1. The van der Waals surface area contributed by atoms with Crippen molar-refractivity contribution in [2.75, 3.05) is 46.4 Å². The van der Waals surface area contributed by atoms with Crippen LogP contribution in [0.1, 0.15) is 43.2 Å². The summed E-state index contributed by atoms with van der Waals surface area (Å²) < 4.78 is 1.88. The van der Waals surface area contributed by atoms with Gasteiger partial charge < -0.3 is 15.3 Å². The summed E-state index contributed by atoms with van der Waals surface area (Å²) in [4.78, 5) is 21.2. The molecule has 0 saturated carbocycles. The highest BCUT2D eigenvalue weighted by molar-refractivity contribution is 5.82. The van der Waals surface area contributed by atoms with Crippen molar-refractivity contribution in [2.24, 2.45) is 0 Å². The highest BCUT2D eigenvalue weighted by Gasteiger charge is 2.31. The van der Waals surface area contributed by atoms with Crippen molar-refractivity contribution < 1.29 is 9.90 Å². The van der Waals surface area contributed by atoms with Gasteiger partial charge in [0.2, 0.25) is 5.91 Å². The van der Waals surface area contributed by atoms with E-state index in [9.17, 15) is 9.90 Å². The first-order valence-electron chi connectivity index (χ1n) is 12.8. The first-order valence-corrected chi connectivity index (χ1v) is 12.8. The van der Waals surface area contributed by atoms with Crippen molar-refractivity contribution >= 4 is 17.6 Å². The lowest BCUT2D eigenvalue weighted by atomic mass is 9.77. The minimum Gasteiger partial charge on any atom is -0.394 e. The van der Waals surface area contributed by atoms with E-state index in [1.807, 2.05) is 27.9 Å². The molecule has 0 spiro atoms. The molecule has 1 saturated heterocycles. The lowest BCUT2D eigenvalue weighted by Crippen LogP contribution is -2.54. The largest absolute Gasteiger partial charge is 0.394 e. The summed E-state index contributed by atoms with van der Waals surface area (Å²) in [5.41, 5.74) is 5.37. The van der Waals surface area contributed by atoms with Crippen molar-refractivity contribution in [3.05, 3.63) is 71.2 Å². The van der Waals surface area contributed by atoms with E-state index < -0.39 is 6.04 Å². The maximum absolute atomic E-state index is 12.4. The average molecular weight is 491 g/mol. The summed E-state index contributed by atoms with van der Waals surface area (Å²) in [7, 11) is 1.70. The molecule has 2 aromatic heterocycles. The quantitative estimate of drug-likeness (QED) is 0.479. The van der Waals surface area contributed by atoms with E-state index >= 15 is 0 Å². The molecule has 0 aliphatic carbocycles. The van der Waals surface area contributed by atoms with Crippen LogP contribution in [0.25, 0.3) is 11.7 Å². The molecule has 1 amide bonds. The molecule has 1 aliphatic heterocycles. The van der Waals surface area contributed by atoms with Gasteiger partial charge in [-0.05, 0) is 30.7 Å². The van der Waals surface area contributed by atoms with Gasteiger partial charge in [0, 0.05) is 56.1 Å². The second-order valence-electron chi connectivity index (χ2n) is 9.86. The number of carbonyl (C=O) groups is 1. The third-order valence-electron chi connectivity index (χ3n) is 7.25. The molecule has 8 heteroatoms. The monoisotopic (exact) mass is 490 g/mol. The van der Waals surface area contributed by atoms with Crippen LogP contribution < -0.4 is 5.32 Å². The Morgan fingerprint density at radius 3 is 2.56 bits per heavy atom. The van der Waals surface area contributed by atoms with Crippen LogP contribution in [-0.4, -0.2) is 87.8 Å². The number of benzene rings is 1. The number of rotatable bonds is 9. The minimum atomic E-state index is -0.512. The third-order valence-corrected chi connectivity index (χ3v) is 7.25. The molecule has 36 heavy (non-hydrogen) atoms. The maximum atomic E-state index is 12.4. The smallest absolute Gasteiger partial charge is 0.242 e. The van der Waals surface area contributed by atoms with Crippen molar-refractivity contribution in [1.82, 2.24) is 29.7 Å². The van der Waals surface area contributed by atoms with Gasteiger partial charge in [-0.1, -0.05) is 57.2 Å². The number of carbonyl (C=O) groups excluding carboxylic acids is 1. The molecular weight excluding hydrogens is 452 g/mol. The summed E-state index contributed by atoms with van der Waals surface area (Å²) in [6, 6.07) is 10.1. The van der Waals surface area contributed by atoms with Crippen LogP contribution in [0.2, 0.25) is 0 Å². The van der Waals surface area contributed by atoms with E-state index in [0.717, 1.165) is 43.0 Å². The Morgan fingerprint density at radius 2 is 1.92 bits per heavy atom. The number of aliphatic hydroxyl groups excluding tert-OH is 1. The Labute approximate surface area is 213 Å². The SMILES string of the molecule is CCc1nn2cccnc2c1C(C)(C)c1ccc(C=CCN2CCN(C(=O)C(CO)NC)CC2)cc1. The molecule has 1 atom stereocenters. The van der Waals surface area contributed by atoms with Gasteiger partial charge in [0.1, 0.15) is 6.04 Å². The van der Waals surface area contributed by atoms with Gasteiger partial charge in [0.15, 0.2) is 5.65 Å². The molecule has 2 N–H and O–H groups in total. The fraction of sp³-hybridized carbons (Fsp3) is 0.464. The zero-order chi connectivity index (χ0) is 25.7. The van der Waals surface area contributed by atoms with Crippen LogP contribution in [0.4, 0.5) is 0 Å². The number of likely N-dealkylation sites (N-methyl/N-ethyl adjacent to an activating group) is 1. The van der Waals surface area contributed by atoms with E-state index in [2.05, 4.69) is 72.4 Å². The van der Waals surface area contributed by atoms with Crippen LogP contribution in [-0.2, 0) is 16.6 Å². The second kappa shape index (κ2) is 11.3. The Bertz CT molecular complexity index is 1190. The van der Waals surface area contributed by atoms with Gasteiger partial charge in [-0.25, -0.2) is 9.50 Å². The van der Waals surface area contributed by atoms with Crippen molar-refractivity contribution in [3.63, 3.8) is 0 Å². The van der Waals surface area contributed by atoms with Gasteiger partial charge in [0.25, 0.3) is 0 Å². The molecule has 1 aromatic carbocycles. The summed E-state index contributed by atoms with van der Waals surface area (Å²) in [5, 5.41) is 17.0. The van der Waals surface area contributed by atoms with Crippen LogP contribution >= 0.6 is 0 Å². The molecule has 192 valence electrons. The Kier molecular flexibility index (Phi) is 8.18. The van der Waals surface area contributed by atoms with Gasteiger partial charge in [-0.15, -0.1) is 0 Å². The lowest BCUT2D eigenvalue weighted by molar-refractivity contribution is -0.136. The number of aliphatic hydroxyl groups is 1. The number of fused-ring (bicyclic) bond motifs is 1. The first kappa shape index (κ1) is 26.0. The molecule has 1 unspecified atom stereocenters. The highest BCUT2D eigenvalue weighted by Crippen LogP contribution is 2.36. The first-order chi connectivity index (χ1) is 17.4. The summed E-state index contributed by atoms with van der Waals surface area (Å²) >= 11 is 0. The van der Waals surface area contributed by atoms with Gasteiger partial charge in [0.05, 0.1) is 12.3 Å². The number of aromatic nitrogens is 3. The molecule has 8 nitrogen and oxygen atoms in total. The zero-order valence-electron chi connectivity index (χ0n) is 21.8. The number of hydrogen-bond acceptors (Lipinski definition) is 6. The van der Waals surface area contributed by atoms with E-state index in [-0.39, 0.29) is 17.9 Å². The van der Waals surface area contributed by atoms with E-state index in [4.69, 9.17) is 5.10 Å². The molecule has 0 bridgehead atoms. The van der Waals surface area contributed by atoms with E-state index in [1.54, 1.807) is 7.05 Å². The molecule has 3 heterocycles. The topological polar surface area (TPSA) is 86.0 Å². The fourth-order valence-corrected chi connectivity index (χ4v) is 4.98. The number of hydrogen-bond donors (Lipinski definition) is 2. The van der Waals surface area contributed by atoms with Gasteiger partial charge in [-0.2, -0.15) is 5.10 Å². The van der Waals surface area contributed by atoms with Crippen molar-refractivity contribution in [2.45, 2.75) is 38.6 Å². The number of nitrogens with zero attached hydrogens (tertiary/aromatic N) is 5. The summed E-state index contributed by atoms with van der Waals surface area (Å²) in [6.07, 6.45) is 9.00. The third kappa shape index (κ3) is 5.36. The minimum absolute atomic E-state index is 0.0239. The maximum Gasteiger partial charge on any atom is 0.242 e. The van der Waals surface area contributed by atoms with Crippen LogP contribution in [0, 0.1) is 0 Å². The predicted molar refractivity (Wildman–Crippen MR) is 143 cm³/mol. The summed E-state index contributed by atoms with van der Waals surface area (Å²) in [5.74, 6) is -0.0239. The Hall–Kier alpha value is -3.07. The Balaban J connectivity index is 1.37. The fourth-order valence-electron chi connectivity index (χ4n) is 4.98. The van der Waals surface area contributed by atoms with Crippen LogP contribution in [0.3, 0.4) is 0 Å². The molecule has 1 fully saturated rings. The second-order valence-corrected chi connectivity index (χ2v) is 9.86. The number of piperazine rings is 1. The molecular formula is C28H38N6O2.